The standard InChI is InChI=1S/2C25H19F2NO4.2C19H15F2NO4/c26-16-9-10-17(20(27)11-16)22(29)12-18(25(30)31)19-13-28-21-7-4-8-23(24(19)21)32-14-15-5-2-1-3-6-15;26-16-6-8-18(22(27)10-16)24(29)12-20(25(30)31)21-13-28-23-9-7-17(11-19(21)23)32-14-15-4-2-1-3-5-15;1-26-17-4-2-3-11-14(9-22-18(11)17)13(19(24)25)8-16(23)12-6-5-10(20)7-15(12)21;20-11-2-4-13(16(21)6-11)18(24)7-14(19(25)26)15-8-22-17-5-10(9-23)1-3-12(15)17/h1-11,13,18,28H,12,14H2,(H,30,31);1-11,13,20,28H,12,14H2,(H,30,31);2-7,9,13,22H,8H2,1H3,(H,24,25);1-6,8,14,22-23H,7,9H2,(H,25,26). The van der Waals surface area contributed by atoms with Gasteiger partial charge in [-0.15, -0.1) is 0 Å². The Balaban J connectivity index is 0.000000153. The average molecular weight is 1590 g/mol. The van der Waals surface area contributed by atoms with Crippen LogP contribution in [-0.2, 0) is 39.0 Å². The molecule has 14 aromatic rings. The van der Waals surface area contributed by atoms with Crippen LogP contribution >= 0.6 is 0 Å². The number of carboxylic acid groups (broad SMARTS) is 4. The van der Waals surface area contributed by atoms with Gasteiger partial charge >= 0.3 is 23.9 Å². The fourth-order valence-corrected chi connectivity index (χ4v) is 13.1. The number of aliphatic hydroxyl groups is 1. The molecule has 4 atom stereocenters. The molecule has 20 nitrogen and oxygen atoms in total. The van der Waals surface area contributed by atoms with Gasteiger partial charge < -0.3 is 59.7 Å². The zero-order valence-electron chi connectivity index (χ0n) is 60.9. The number of carbonyl (C=O) groups excluding carboxylic acids is 4. The molecule has 0 spiro atoms. The van der Waals surface area contributed by atoms with Crippen molar-refractivity contribution in [2.45, 2.75) is 69.2 Å². The van der Waals surface area contributed by atoms with Crippen LogP contribution in [0.5, 0.6) is 17.2 Å². The first-order valence-electron chi connectivity index (χ1n) is 35.4. The second-order valence-corrected chi connectivity index (χ2v) is 26.4. The van der Waals surface area contributed by atoms with Crippen molar-refractivity contribution in [2.75, 3.05) is 7.11 Å². The van der Waals surface area contributed by atoms with Crippen LogP contribution in [0.3, 0.4) is 0 Å². The number of ether oxygens (including phenoxy) is 3. The van der Waals surface area contributed by atoms with Gasteiger partial charge in [-0.25, -0.2) is 35.1 Å². The number of aliphatic carboxylic acids is 4. The average Bonchev–Trinajstić information content (AvgIpc) is 1.64. The molecule has 0 aliphatic rings. The zero-order valence-corrected chi connectivity index (χ0v) is 60.9. The van der Waals surface area contributed by atoms with Crippen molar-refractivity contribution < 1.29 is 113 Å². The van der Waals surface area contributed by atoms with E-state index in [9.17, 15) is 99.0 Å². The van der Waals surface area contributed by atoms with Crippen LogP contribution in [0.15, 0.2) is 231 Å². The first kappa shape index (κ1) is 82.7. The van der Waals surface area contributed by atoms with Gasteiger partial charge in [0.1, 0.15) is 77.0 Å². The first-order chi connectivity index (χ1) is 55.7. The number of Topliss-reactive ketones (excluding diaryl/α,β-unsaturated/α-hetero) is 4. The van der Waals surface area contributed by atoms with Crippen LogP contribution in [0, 0.1) is 46.5 Å². The lowest BCUT2D eigenvalue weighted by atomic mass is 9.91. The number of halogens is 8. The Bertz CT molecular complexity index is 6000. The SMILES string of the molecule is COc1cccc2c(C(CC(=O)c3ccc(F)cc3F)C(=O)O)c[nH]c12.O=C(CC(C(=O)O)c1c[nH]c2cc(CO)ccc12)c1ccc(F)cc1F.O=C(CC(C(=O)O)c1c[nH]c2ccc(OCc3ccccc3)cc12)c1ccc(F)cc1F.O=C(CC(C(=O)O)c1c[nH]c2cccc(OCc3ccccc3)c12)c1ccc(F)cc1F. The van der Waals surface area contributed by atoms with E-state index >= 15 is 0 Å². The van der Waals surface area contributed by atoms with E-state index in [4.69, 9.17) is 14.2 Å². The Kier molecular flexibility index (Phi) is 26.6. The highest BCUT2D eigenvalue weighted by Crippen LogP contribution is 2.39. The largest absolute Gasteiger partial charge is 0.495 e. The van der Waals surface area contributed by atoms with Crippen LogP contribution in [0.4, 0.5) is 35.1 Å². The van der Waals surface area contributed by atoms with E-state index in [1.54, 1.807) is 72.8 Å². The number of hydrogen-bond acceptors (Lipinski definition) is 12. The third kappa shape index (κ3) is 19.8. The van der Waals surface area contributed by atoms with E-state index in [1.807, 2.05) is 60.7 Å². The van der Waals surface area contributed by atoms with E-state index < -0.39 is 143 Å². The van der Waals surface area contributed by atoms with Gasteiger partial charge in [0, 0.05) is 113 Å². The lowest BCUT2D eigenvalue weighted by molar-refractivity contribution is -0.139. The van der Waals surface area contributed by atoms with Gasteiger partial charge in [0.25, 0.3) is 0 Å². The quantitative estimate of drug-likeness (QED) is 0.0162. The topological polar surface area (TPSA) is 329 Å². The molecule has 0 saturated heterocycles. The zero-order chi connectivity index (χ0) is 83.0. The van der Waals surface area contributed by atoms with Gasteiger partial charge in [0.15, 0.2) is 23.1 Å². The van der Waals surface area contributed by atoms with Gasteiger partial charge in [-0.2, -0.15) is 0 Å². The van der Waals surface area contributed by atoms with Gasteiger partial charge in [-0.1, -0.05) is 91.0 Å². The molecule has 0 radical (unpaired) electrons. The molecule has 14 rings (SSSR count). The Morgan fingerprint density at radius 3 is 1.19 bits per heavy atom. The highest BCUT2D eigenvalue weighted by atomic mass is 19.2. The van der Waals surface area contributed by atoms with Crippen molar-refractivity contribution in [3.63, 3.8) is 0 Å². The Morgan fingerprint density at radius 1 is 0.345 bits per heavy atom. The number of nitrogens with one attached hydrogen (secondary N) is 4. The minimum Gasteiger partial charge on any atom is -0.495 e. The molecule has 0 amide bonds. The fourth-order valence-electron chi connectivity index (χ4n) is 13.1. The van der Waals surface area contributed by atoms with Crippen molar-refractivity contribution in [1.82, 2.24) is 19.9 Å². The highest BCUT2D eigenvalue weighted by molar-refractivity contribution is 6.05. The summed E-state index contributed by atoms with van der Waals surface area (Å²) in [5.41, 5.74) is 5.27. The molecule has 9 N–H and O–H groups in total. The number of methoxy groups -OCH3 is 1. The molecular weight excluding hydrogens is 1520 g/mol. The number of aliphatic hydroxyl groups excluding tert-OH is 1. The molecule has 10 aromatic carbocycles. The number of aromatic amines is 4. The molecule has 0 saturated carbocycles. The number of para-hydroxylation sites is 1. The van der Waals surface area contributed by atoms with Crippen molar-refractivity contribution in [3.8, 4) is 17.2 Å². The summed E-state index contributed by atoms with van der Waals surface area (Å²) >= 11 is 0. The summed E-state index contributed by atoms with van der Waals surface area (Å²) in [6.07, 6.45) is 4.15. The molecule has 4 unspecified atom stereocenters. The molecule has 592 valence electrons. The number of fused-ring (bicyclic) bond motifs is 4. The minimum absolute atomic E-state index is 0.158. The number of ketones is 4. The minimum atomic E-state index is -1.25. The van der Waals surface area contributed by atoms with E-state index in [0.29, 0.717) is 120 Å². The Labute approximate surface area is 653 Å². The molecule has 116 heavy (non-hydrogen) atoms. The Hall–Kier alpha value is -14.3. The maximum atomic E-state index is 14.0. The van der Waals surface area contributed by atoms with E-state index in [0.717, 1.165) is 59.7 Å². The van der Waals surface area contributed by atoms with E-state index in [1.165, 1.54) is 31.9 Å². The predicted octanol–water partition coefficient (Wildman–Crippen LogP) is 18.2. The highest BCUT2D eigenvalue weighted by Gasteiger charge is 2.33. The second kappa shape index (κ2) is 37.4. The molecule has 4 aromatic heterocycles. The third-order valence-electron chi connectivity index (χ3n) is 18.9. The van der Waals surface area contributed by atoms with Crippen molar-refractivity contribution in [3.05, 3.63) is 339 Å². The van der Waals surface area contributed by atoms with Crippen molar-refractivity contribution >= 4 is 90.6 Å². The lowest BCUT2D eigenvalue weighted by Gasteiger charge is -2.14. The summed E-state index contributed by atoms with van der Waals surface area (Å²) in [7, 11) is 1.49. The van der Waals surface area contributed by atoms with Gasteiger partial charge in [0.05, 0.1) is 65.2 Å². The van der Waals surface area contributed by atoms with Crippen LogP contribution in [0.2, 0.25) is 0 Å². The number of aromatic nitrogens is 4. The lowest BCUT2D eigenvalue weighted by Crippen LogP contribution is -2.17. The van der Waals surface area contributed by atoms with Crippen LogP contribution in [0.25, 0.3) is 43.6 Å². The molecule has 28 heteroatoms. The summed E-state index contributed by atoms with van der Waals surface area (Å²) in [6, 6.07) is 50.0. The van der Waals surface area contributed by atoms with E-state index in [2.05, 4.69) is 19.9 Å². The predicted molar refractivity (Wildman–Crippen MR) is 410 cm³/mol. The van der Waals surface area contributed by atoms with Crippen molar-refractivity contribution in [2.24, 2.45) is 0 Å². The molecule has 0 aliphatic carbocycles. The molecular formula is C88H68F8N4O16. The van der Waals surface area contributed by atoms with Gasteiger partial charge in [0.2, 0.25) is 0 Å². The molecule has 0 bridgehead atoms. The van der Waals surface area contributed by atoms with Crippen LogP contribution in [-0.4, -0.2) is 99.6 Å². The second-order valence-electron chi connectivity index (χ2n) is 26.4. The fraction of sp³-hybridized carbons (Fsp3) is 0.136. The van der Waals surface area contributed by atoms with Gasteiger partial charge in [-0.3, -0.25) is 38.4 Å². The van der Waals surface area contributed by atoms with Crippen molar-refractivity contribution in [1.29, 1.82) is 0 Å². The number of H-pyrrole nitrogens is 4. The Morgan fingerprint density at radius 2 is 0.741 bits per heavy atom. The molecule has 0 fully saturated rings. The maximum Gasteiger partial charge on any atom is 0.311 e. The van der Waals surface area contributed by atoms with E-state index in [-0.39, 0.29) is 35.5 Å². The number of benzene rings is 10. The number of carbonyl (C=O) groups is 8. The summed E-state index contributed by atoms with van der Waals surface area (Å²) in [4.78, 5) is 109. The monoisotopic (exact) mass is 1590 g/mol. The molecule has 4 heterocycles. The molecule has 0 aliphatic heterocycles. The van der Waals surface area contributed by atoms with Crippen LogP contribution in [0.1, 0.15) is 130 Å². The summed E-state index contributed by atoms with van der Waals surface area (Å²) in [5, 5.41) is 50.3. The van der Waals surface area contributed by atoms with Gasteiger partial charge in [-0.05, 0) is 130 Å². The number of carboxylic acids is 4. The van der Waals surface area contributed by atoms with Crippen LogP contribution < -0.4 is 14.2 Å². The third-order valence-corrected chi connectivity index (χ3v) is 18.9. The maximum absolute atomic E-state index is 14.0. The number of hydrogen-bond donors (Lipinski definition) is 9. The smallest absolute Gasteiger partial charge is 0.311 e. The number of rotatable bonds is 28. The summed E-state index contributed by atoms with van der Waals surface area (Å²) in [5.74, 6) is -18.4. The summed E-state index contributed by atoms with van der Waals surface area (Å²) < 4.78 is 125. The first-order valence-corrected chi connectivity index (χ1v) is 35.4. The summed E-state index contributed by atoms with van der Waals surface area (Å²) in [6.45, 7) is 0.466. The normalized spacial score (nSPS) is 12.1.